The molecule has 1 aliphatic carbocycles. The zero-order valence-electron chi connectivity index (χ0n) is 12.7. The first-order chi connectivity index (χ1) is 9.95. The lowest BCUT2D eigenvalue weighted by Gasteiger charge is -2.35. The number of nitrogens with one attached hydrogen (secondary N) is 1. The number of sulfone groups is 1. The molecule has 3 nitrogen and oxygen atoms in total. The SMILES string of the molecule is CCCNC1CCC(C)CC1S(=O)(=O)c1cccc(Cl)c1. The molecule has 1 aromatic rings. The van der Waals surface area contributed by atoms with E-state index in [1.54, 1.807) is 24.3 Å². The number of rotatable bonds is 5. The number of halogens is 1. The van der Waals surface area contributed by atoms with Gasteiger partial charge in [-0.25, -0.2) is 8.42 Å². The number of benzene rings is 1. The molecule has 21 heavy (non-hydrogen) atoms. The van der Waals surface area contributed by atoms with Gasteiger partial charge in [0.1, 0.15) is 0 Å². The second kappa shape index (κ2) is 7.12. The molecule has 118 valence electrons. The lowest BCUT2D eigenvalue weighted by Crippen LogP contribution is -2.48. The van der Waals surface area contributed by atoms with Crippen LogP contribution in [0.15, 0.2) is 29.2 Å². The molecule has 3 atom stereocenters. The van der Waals surface area contributed by atoms with E-state index in [9.17, 15) is 8.42 Å². The first-order valence-corrected chi connectivity index (χ1v) is 9.60. The zero-order valence-corrected chi connectivity index (χ0v) is 14.3. The molecule has 1 fully saturated rings. The third-order valence-electron chi connectivity index (χ3n) is 4.23. The van der Waals surface area contributed by atoms with Gasteiger partial charge >= 0.3 is 0 Å². The molecule has 1 aliphatic rings. The van der Waals surface area contributed by atoms with E-state index in [0.29, 0.717) is 15.8 Å². The zero-order chi connectivity index (χ0) is 15.5. The Kier molecular flexibility index (Phi) is 5.69. The molecule has 1 saturated carbocycles. The smallest absolute Gasteiger partial charge is 0.182 e. The minimum Gasteiger partial charge on any atom is -0.313 e. The van der Waals surface area contributed by atoms with E-state index in [2.05, 4.69) is 19.2 Å². The van der Waals surface area contributed by atoms with E-state index >= 15 is 0 Å². The van der Waals surface area contributed by atoms with Gasteiger partial charge in [0.15, 0.2) is 9.84 Å². The highest BCUT2D eigenvalue weighted by atomic mass is 35.5. The van der Waals surface area contributed by atoms with Crippen molar-refractivity contribution >= 4 is 21.4 Å². The van der Waals surface area contributed by atoms with Crippen LogP contribution in [-0.2, 0) is 9.84 Å². The van der Waals surface area contributed by atoms with Gasteiger partial charge < -0.3 is 5.32 Å². The molecule has 0 saturated heterocycles. The Morgan fingerprint density at radius 3 is 2.76 bits per heavy atom. The fraction of sp³-hybridized carbons (Fsp3) is 0.625. The molecule has 0 radical (unpaired) electrons. The second-order valence-corrected chi connectivity index (χ2v) is 8.62. The van der Waals surface area contributed by atoms with Gasteiger partial charge in [0.25, 0.3) is 0 Å². The van der Waals surface area contributed by atoms with Crippen molar-refractivity contribution in [2.45, 2.75) is 55.7 Å². The summed E-state index contributed by atoms with van der Waals surface area (Å²) in [7, 11) is -3.34. The maximum absolute atomic E-state index is 13.0. The third kappa shape index (κ3) is 3.99. The monoisotopic (exact) mass is 329 g/mol. The van der Waals surface area contributed by atoms with Gasteiger partial charge in [0, 0.05) is 11.1 Å². The van der Waals surface area contributed by atoms with Crippen LogP contribution in [0.5, 0.6) is 0 Å². The molecule has 0 aliphatic heterocycles. The second-order valence-electron chi connectivity index (χ2n) is 6.02. The Bertz CT molecular complexity index is 571. The van der Waals surface area contributed by atoms with Gasteiger partial charge in [-0.15, -0.1) is 0 Å². The molecule has 2 rings (SSSR count). The van der Waals surface area contributed by atoms with Crippen LogP contribution in [0.2, 0.25) is 5.02 Å². The summed E-state index contributed by atoms with van der Waals surface area (Å²) in [6.45, 7) is 5.09. The average molecular weight is 330 g/mol. The standard InChI is InChI=1S/C16H24ClNO2S/c1-3-9-18-15-8-7-12(2)10-16(15)21(19,20)14-6-4-5-13(17)11-14/h4-6,11-12,15-16,18H,3,7-10H2,1-2H3. The lowest BCUT2D eigenvalue weighted by molar-refractivity contribution is 0.308. The summed E-state index contributed by atoms with van der Waals surface area (Å²) < 4.78 is 25.9. The molecule has 1 aromatic carbocycles. The first-order valence-electron chi connectivity index (χ1n) is 7.68. The van der Waals surface area contributed by atoms with Crippen molar-refractivity contribution in [2.75, 3.05) is 6.54 Å². The molecule has 3 unspecified atom stereocenters. The van der Waals surface area contributed by atoms with E-state index < -0.39 is 9.84 Å². The van der Waals surface area contributed by atoms with Crippen molar-refractivity contribution in [3.05, 3.63) is 29.3 Å². The van der Waals surface area contributed by atoms with E-state index in [1.807, 2.05) is 0 Å². The van der Waals surface area contributed by atoms with Crippen molar-refractivity contribution in [3.8, 4) is 0 Å². The Labute approximate surface area is 133 Å². The minimum atomic E-state index is -3.34. The highest BCUT2D eigenvalue weighted by molar-refractivity contribution is 7.92. The normalized spacial score (nSPS) is 26.7. The predicted octanol–water partition coefficient (Wildman–Crippen LogP) is 3.67. The highest BCUT2D eigenvalue weighted by Crippen LogP contribution is 2.33. The van der Waals surface area contributed by atoms with Crippen LogP contribution in [0, 0.1) is 5.92 Å². The first kappa shape index (κ1) is 16.8. The van der Waals surface area contributed by atoms with E-state index in [1.165, 1.54) is 0 Å². The summed E-state index contributed by atoms with van der Waals surface area (Å²) in [6.07, 6.45) is 3.74. The fourth-order valence-corrected chi connectivity index (χ4v) is 5.46. The van der Waals surface area contributed by atoms with Gasteiger partial charge in [-0.1, -0.05) is 31.5 Å². The van der Waals surface area contributed by atoms with Gasteiger partial charge in [-0.2, -0.15) is 0 Å². The van der Waals surface area contributed by atoms with Crippen LogP contribution < -0.4 is 5.32 Å². The van der Waals surface area contributed by atoms with Crippen LogP contribution >= 0.6 is 11.6 Å². The number of hydrogen-bond donors (Lipinski definition) is 1. The fourth-order valence-electron chi connectivity index (χ4n) is 3.05. The topological polar surface area (TPSA) is 46.2 Å². The van der Waals surface area contributed by atoms with Crippen molar-refractivity contribution in [2.24, 2.45) is 5.92 Å². The largest absolute Gasteiger partial charge is 0.313 e. The third-order valence-corrected chi connectivity index (χ3v) is 6.70. The van der Waals surface area contributed by atoms with E-state index in [4.69, 9.17) is 11.6 Å². The van der Waals surface area contributed by atoms with Crippen LogP contribution in [-0.4, -0.2) is 26.3 Å². The van der Waals surface area contributed by atoms with Gasteiger partial charge in [-0.3, -0.25) is 0 Å². The Morgan fingerprint density at radius 2 is 2.10 bits per heavy atom. The Morgan fingerprint density at radius 1 is 1.33 bits per heavy atom. The summed E-state index contributed by atoms with van der Waals surface area (Å²) in [6, 6.07) is 6.67. The summed E-state index contributed by atoms with van der Waals surface area (Å²) in [5.41, 5.74) is 0. The maximum Gasteiger partial charge on any atom is 0.182 e. The van der Waals surface area contributed by atoms with Crippen LogP contribution in [0.4, 0.5) is 0 Å². The Balaban J connectivity index is 2.29. The van der Waals surface area contributed by atoms with Gasteiger partial charge in [0.05, 0.1) is 10.1 Å². The van der Waals surface area contributed by atoms with Crippen molar-refractivity contribution < 1.29 is 8.42 Å². The van der Waals surface area contributed by atoms with E-state index in [-0.39, 0.29) is 11.3 Å². The minimum absolute atomic E-state index is 0.0464. The molecule has 0 aromatic heterocycles. The molecule has 0 bridgehead atoms. The molecule has 5 heteroatoms. The summed E-state index contributed by atoms with van der Waals surface area (Å²) in [4.78, 5) is 0.345. The molecular weight excluding hydrogens is 306 g/mol. The van der Waals surface area contributed by atoms with Gasteiger partial charge in [-0.05, 0) is 56.3 Å². The number of hydrogen-bond acceptors (Lipinski definition) is 3. The Hall–Kier alpha value is -0.580. The quantitative estimate of drug-likeness (QED) is 0.896. The van der Waals surface area contributed by atoms with Crippen LogP contribution in [0.3, 0.4) is 0 Å². The molecule has 0 spiro atoms. The van der Waals surface area contributed by atoms with Crippen molar-refractivity contribution in [1.82, 2.24) is 5.32 Å². The van der Waals surface area contributed by atoms with E-state index in [0.717, 1.165) is 32.2 Å². The lowest BCUT2D eigenvalue weighted by atomic mass is 9.87. The molecule has 0 heterocycles. The summed E-state index contributed by atoms with van der Waals surface area (Å²) in [5, 5.41) is 3.54. The predicted molar refractivity (Wildman–Crippen MR) is 87.5 cm³/mol. The van der Waals surface area contributed by atoms with Crippen molar-refractivity contribution in [3.63, 3.8) is 0 Å². The maximum atomic E-state index is 13.0. The van der Waals surface area contributed by atoms with Gasteiger partial charge in [0.2, 0.25) is 0 Å². The summed E-state index contributed by atoms with van der Waals surface area (Å²) >= 11 is 5.96. The highest BCUT2D eigenvalue weighted by Gasteiger charge is 2.38. The molecular formula is C16H24ClNO2S. The average Bonchev–Trinajstić information content (AvgIpc) is 2.46. The van der Waals surface area contributed by atoms with Crippen molar-refractivity contribution in [1.29, 1.82) is 0 Å². The van der Waals surface area contributed by atoms with Crippen LogP contribution in [0.25, 0.3) is 0 Å². The molecule has 1 N–H and O–H groups in total. The van der Waals surface area contributed by atoms with Crippen LogP contribution in [0.1, 0.15) is 39.5 Å². The molecule has 0 amide bonds. The summed E-state index contributed by atoms with van der Waals surface area (Å²) in [5.74, 6) is 0.448.